The second-order valence-electron chi connectivity index (χ2n) is 4.79. The van der Waals surface area contributed by atoms with E-state index in [1.165, 1.54) is 4.68 Å². The summed E-state index contributed by atoms with van der Waals surface area (Å²) in [4.78, 5) is 16.2. The van der Waals surface area contributed by atoms with Gasteiger partial charge in [0.2, 0.25) is 11.6 Å². The first-order valence-corrected chi connectivity index (χ1v) is 6.83. The van der Waals surface area contributed by atoms with Gasteiger partial charge in [0.15, 0.2) is 5.69 Å². The maximum Gasteiger partial charge on any atom is 0.293 e. The number of nitrogens with one attached hydrogen (secondary N) is 1. The van der Waals surface area contributed by atoms with Crippen molar-refractivity contribution >= 4 is 17.4 Å². The monoisotopic (exact) mass is 327 g/mol. The Morgan fingerprint density at radius 3 is 2.92 bits per heavy atom. The van der Waals surface area contributed by atoms with Crippen molar-refractivity contribution in [1.82, 2.24) is 35.7 Å². The van der Waals surface area contributed by atoms with Gasteiger partial charge in [0, 0.05) is 18.0 Å². The number of carbonyl (C=O) groups is 1. The number of anilines is 1. The quantitative estimate of drug-likeness (QED) is 0.505. The molecule has 0 fully saturated rings. The summed E-state index contributed by atoms with van der Waals surface area (Å²) >= 11 is 0. The van der Waals surface area contributed by atoms with Crippen molar-refractivity contribution in [2.75, 3.05) is 5.73 Å². The molecule has 3 aromatic rings. The minimum atomic E-state index is -0.517. The first-order chi connectivity index (χ1) is 11.6. The minimum Gasteiger partial charge on any atom is -0.378 e. The van der Waals surface area contributed by atoms with Gasteiger partial charge in [-0.2, -0.15) is 9.78 Å². The van der Waals surface area contributed by atoms with E-state index in [9.17, 15) is 4.79 Å². The van der Waals surface area contributed by atoms with Crippen molar-refractivity contribution in [3.05, 3.63) is 41.5 Å². The highest BCUT2D eigenvalue weighted by molar-refractivity contribution is 6.00. The summed E-state index contributed by atoms with van der Waals surface area (Å²) < 4.78 is 5.77. The molecule has 11 nitrogen and oxygen atoms in total. The highest BCUT2D eigenvalue weighted by Crippen LogP contribution is 2.14. The number of hydrazone groups is 1. The third kappa shape index (κ3) is 2.82. The molecule has 0 saturated heterocycles. The number of hydrogen-bond acceptors (Lipinski definition) is 9. The summed E-state index contributed by atoms with van der Waals surface area (Å²) in [5, 5.41) is 18.8. The SMILES string of the molecule is CC(=NNC(=O)c1nnn(-c2nonc2N)c1C)c1cccnc1. The van der Waals surface area contributed by atoms with Crippen molar-refractivity contribution in [2.24, 2.45) is 5.10 Å². The van der Waals surface area contributed by atoms with Crippen LogP contribution >= 0.6 is 0 Å². The first kappa shape index (κ1) is 15.3. The second kappa shape index (κ2) is 6.24. The van der Waals surface area contributed by atoms with Crippen LogP contribution in [-0.4, -0.2) is 41.9 Å². The molecule has 3 N–H and O–H groups in total. The van der Waals surface area contributed by atoms with Gasteiger partial charge in [-0.15, -0.1) is 5.10 Å². The van der Waals surface area contributed by atoms with Gasteiger partial charge in [-0.25, -0.2) is 10.1 Å². The molecule has 0 unspecified atom stereocenters. The van der Waals surface area contributed by atoms with Crippen LogP contribution in [0.25, 0.3) is 5.82 Å². The summed E-state index contributed by atoms with van der Waals surface area (Å²) in [5.74, 6) is -0.313. The second-order valence-corrected chi connectivity index (χ2v) is 4.79. The van der Waals surface area contributed by atoms with Crippen LogP contribution in [0.4, 0.5) is 5.82 Å². The molecular weight excluding hydrogens is 314 g/mol. The molecule has 11 heteroatoms. The predicted molar refractivity (Wildman–Crippen MR) is 82.3 cm³/mol. The highest BCUT2D eigenvalue weighted by Gasteiger charge is 2.20. The van der Waals surface area contributed by atoms with E-state index >= 15 is 0 Å². The number of carbonyl (C=O) groups excluding carboxylic acids is 1. The lowest BCUT2D eigenvalue weighted by molar-refractivity contribution is 0.0949. The zero-order valence-electron chi connectivity index (χ0n) is 12.8. The van der Waals surface area contributed by atoms with Crippen LogP contribution in [0.5, 0.6) is 0 Å². The Morgan fingerprint density at radius 2 is 2.25 bits per heavy atom. The lowest BCUT2D eigenvalue weighted by atomic mass is 10.2. The summed E-state index contributed by atoms with van der Waals surface area (Å²) in [6.07, 6.45) is 3.30. The number of amides is 1. The third-order valence-corrected chi connectivity index (χ3v) is 3.21. The van der Waals surface area contributed by atoms with Gasteiger partial charge in [0.25, 0.3) is 5.91 Å². The molecule has 122 valence electrons. The molecular formula is C13H13N9O2. The molecule has 24 heavy (non-hydrogen) atoms. The Hall–Kier alpha value is -3.63. The molecule has 0 saturated carbocycles. The smallest absolute Gasteiger partial charge is 0.293 e. The number of nitrogen functional groups attached to an aromatic ring is 1. The summed E-state index contributed by atoms with van der Waals surface area (Å²) in [6.45, 7) is 3.39. The Labute approximate surface area is 135 Å². The van der Waals surface area contributed by atoms with Gasteiger partial charge in [0.1, 0.15) is 0 Å². The number of nitrogens with zero attached hydrogens (tertiary/aromatic N) is 7. The summed E-state index contributed by atoms with van der Waals surface area (Å²) in [6, 6.07) is 3.61. The molecule has 3 heterocycles. The summed E-state index contributed by atoms with van der Waals surface area (Å²) in [7, 11) is 0. The van der Waals surface area contributed by atoms with Crippen molar-refractivity contribution in [2.45, 2.75) is 13.8 Å². The van der Waals surface area contributed by atoms with Crippen molar-refractivity contribution in [3.63, 3.8) is 0 Å². The van der Waals surface area contributed by atoms with E-state index in [0.717, 1.165) is 5.56 Å². The van der Waals surface area contributed by atoms with Crippen LogP contribution in [0.2, 0.25) is 0 Å². The normalized spacial score (nSPS) is 11.5. The van der Waals surface area contributed by atoms with Crippen LogP contribution in [0.1, 0.15) is 28.7 Å². The van der Waals surface area contributed by atoms with Crippen LogP contribution < -0.4 is 11.2 Å². The topological polar surface area (TPSA) is 150 Å². The van der Waals surface area contributed by atoms with Crippen LogP contribution in [0, 0.1) is 6.92 Å². The minimum absolute atomic E-state index is 0.0420. The average molecular weight is 327 g/mol. The molecule has 0 aromatic carbocycles. The lowest BCUT2D eigenvalue weighted by Gasteiger charge is -2.02. The van der Waals surface area contributed by atoms with Gasteiger partial charge in [-0.3, -0.25) is 9.78 Å². The van der Waals surface area contributed by atoms with Crippen LogP contribution in [-0.2, 0) is 0 Å². The molecule has 0 atom stereocenters. The van der Waals surface area contributed by atoms with Crippen LogP contribution in [0.15, 0.2) is 34.3 Å². The number of pyridine rings is 1. The number of aromatic nitrogens is 6. The average Bonchev–Trinajstić information content (AvgIpc) is 3.18. The van der Waals surface area contributed by atoms with E-state index in [4.69, 9.17) is 5.73 Å². The fraction of sp³-hybridized carbons (Fsp3) is 0.154. The van der Waals surface area contributed by atoms with Crippen molar-refractivity contribution in [3.8, 4) is 5.82 Å². The molecule has 0 radical (unpaired) electrons. The predicted octanol–water partition coefficient (Wildman–Crippen LogP) is 0.0899. The molecule has 0 aliphatic rings. The zero-order chi connectivity index (χ0) is 17.1. The van der Waals surface area contributed by atoms with E-state index in [1.54, 1.807) is 32.3 Å². The summed E-state index contributed by atoms with van der Waals surface area (Å²) in [5.41, 5.74) is 9.93. The van der Waals surface area contributed by atoms with Gasteiger partial charge in [-0.05, 0) is 30.2 Å². The van der Waals surface area contributed by atoms with Gasteiger partial charge < -0.3 is 5.73 Å². The van der Waals surface area contributed by atoms with Crippen molar-refractivity contribution < 1.29 is 9.42 Å². The molecule has 0 aliphatic carbocycles. The Bertz CT molecular complexity index is 897. The molecule has 1 amide bonds. The number of rotatable bonds is 4. The van der Waals surface area contributed by atoms with Gasteiger partial charge in [-0.1, -0.05) is 11.3 Å². The van der Waals surface area contributed by atoms with Gasteiger partial charge >= 0.3 is 0 Å². The maximum atomic E-state index is 12.2. The fourth-order valence-corrected chi connectivity index (χ4v) is 1.91. The Balaban J connectivity index is 1.79. The molecule has 0 bridgehead atoms. The standard InChI is InChI=1S/C13H13N9O2/c1-7(9-4-3-5-15-6-9)16-18-13(23)10-8(2)22(21-17-10)12-11(14)19-24-20-12/h3-6H,1-2H3,(H2,14,19)(H,18,23). The Kier molecular flexibility index (Phi) is 3.97. The van der Waals surface area contributed by atoms with Gasteiger partial charge in [0.05, 0.1) is 11.4 Å². The largest absolute Gasteiger partial charge is 0.378 e. The molecule has 3 rings (SSSR count). The maximum absolute atomic E-state index is 12.2. The van der Waals surface area contributed by atoms with E-state index in [2.05, 4.69) is 40.8 Å². The van der Waals surface area contributed by atoms with E-state index < -0.39 is 5.91 Å². The van der Waals surface area contributed by atoms with Crippen LogP contribution in [0.3, 0.4) is 0 Å². The van der Waals surface area contributed by atoms with E-state index in [0.29, 0.717) is 11.4 Å². The first-order valence-electron chi connectivity index (χ1n) is 6.83. The zero-order valence-corrected chi connectivity index (χ0v) is 12.8. The van der Waals surface area contributed by atoms with E-state index in [-0.39, 0.29) is 17.3 Å². The number of hydrogen-bond donors (Lipinski definition) is 2. The lowest BCUT2D eigenvalue weighted by Crippen LogP contribution is -2.21. The molecule has 3 aromatic heterocycles. The van der Waals surface area contributed by atoms with Crippen molar-refractivity contribution in [1.29, 1.82) is 0 Å². The number of nitrogens with two attached hydrogens (primary N) is 1. The third-order valence-electron chi connectivity index (χ3n) is 3.21. The molecule has 0 aliphatic heterocycles. The highest BCUT2D eigenvalue weighted by atomic mass is 16.6. The Morgan fingerprint density at radius 1 is 1.42 bits per heavy atom. The molecule has 0 spiro atoms. The van der Waals surface area contributed by atoms with E-state index in [1.807, 2.05) is 6.07 Å². The fourth-order valence-electron chi connectivity index (χ4n) is 1.91.